The second kappa shape index (κ2) is 5.15. The fraction of sp³-hybridized carbons (Fsp3) is 0.727. The number of piperidine rings is 1. The Balaban J connectivity index is 2.35. The van der Waals surface area contributed by atoms with Crippen LogP contribution in [0.5, 0.6) is 0 Å². The molecule has 1 saturated heterocycles. The molecule has 0 aromatic carbocycles. The number of hydrogen-bond acceptors (Lipinski definition) is 2. The Bertz CT molecular complexity index is 217. The van der Waals surface area contributed by atoms with Gasteiger partial charge in [0.15, 0.2) is 0 Å². The lowest BCUT2D eigenvalue weighted by atomic mass is 9.94. The molecule has 1 heterocycles. The normalized spacial score (nSPS) is 18.3. The largest absolute Gasteiger partial charge is 0.396 e. The van der Waals surface area contributed by atoms with Gasteiger partial charge in [0.2, 0.25) is 5.91 Å². The Kier molecular flexibility index (Phi) is 4.14. The number of aliphatic hydroxyl groups excluding tert-OH is 1. The fourth-order valence-electron chi connectivity index (χ4n) is 1.88. The quantitative estimate of drug-likeness (QED) is 0.690. The summed E-state index contributed by atoms with van der Waals surface area (Å²) < 4.78 is 0. The van der Waals surface area contributed by atoms with E-state index in [-0.39, 0.29) is 12.5 Å². The minimum Gasteiger partial charge on any atom is -0.396 e. The van der Waals surface area contributed by atoms with Gasteiger partial charge in [0.1, 0.15) is 0 Å². The minimum absolute atomic E-state index is 0.0763. The molecule has 1 aliphatic heterocycles. The zero-order valence-electron chi connectivity index (χ0n) is 8.83. The van der Waals surface area contributed by atoms with Gasteiger partial charge in [-0.05, 0) is 32.1 Å². The lowest BCUT2D eigenvalue weighted by Crippen LogP contribution is -2.38. The Morgan fingerprint density at radius 3 is 2.50 bits per heavy atom. The molecule has 0 aromatic heterocycles. The second-order valence-corrected chi connectivity index (χ2v) is 4.03. The molecule has 1 N–H and O–H groups in total. The van der Waals surface area contributed by atoms with Crippen LogP contribution >= 0.6 is 0 Å². The van der Waals surface area contributed by atoms with Crippen LogP contribution in [-0.4, -0.2) is 35.6 Å². The Hall–Kier alpha value is -0.830. The zero-order valence-corrected chi connectivity index (χ0v) is 8.83. The molecule has 1 amide bonds. The standard InChI is InChI=1S/C11H19NO2/c1-9(2)11(14)12-6-3-10(4-7-12)5-8-13/h10,13H,1,3-8H2,2H3. The van der Waals surface area contributed by atoms with Gasteiger partial charge in [0.05, 0.1) is 0 Å². The fourth-order valence-corrected chi connectivity index (χ4v) is 1.88. The first kappa shape index (κ1) is 11.2. The van der Waals surface area contributed by atoms with Crippen LogP contribution in [0.1, 0.15) is 26.2 Å². The van der Waals surface area contributed by atoms with E-state index < -0.39 is 0 Å². The summed E-state index contributed by atoms with van der Waals surface area (Å²) in [7, 11) is 0. The SMILES string of the molecule is C=C(C)C(=O)N1CCC(CCO)CC1. The van der Waals surface area contributed by atoms with Crippen LogP contribution in [0.15, 0.2) is 12.2 Å². The third-order valence-corrected chi connectivity index (χ3v) is 2.80. The van der Waals surface area contributed by atoms with Gasteiger partial charge in [-0.1, -0.05) is 6.58 Å². The minimum atomic E-state index is 0.0763. The lowest BCUT2D eigenvalue weighted by Gasteiger charge is -2.31. The molecule has 80 valence electrons. The molecular formula is C11H19NO2. The van der Waals surface area contributed by atoms with Gasteiger partial charge >= 0.3 is 0 Å². The van der Waals surface area contributed by atoms with Gasteiger partial charge in [0.25, 0.3) is 0 Å². The molecule has 0 spiro atoms. The number of carbonyl (C=O) groups is 1. The number of likely N-dealkylation sites (tertiary alicyclic amines) is 1. The van der Waals surface area contributed by atoms with Crippen LogP contribution in [0, 0.1) is 5.92 Å². The summed E-state index contributed by atoms with van der Waals surface area (Å²) >= 11 is 0. The lowest BCUT2D eigenvalue weighted by molar-refractivity contribution is -0.128. The van der Waals surface area contributed by atoms with Crippen molar-refractivity contribution in [1.29, 1.82) is 0 Å². The summed E-state index contributed by atoms with van der Waals surface area (Å²) in [6, 6.07) is 0. The number of rotatable bonds is 3. The molecule has 0 aliphatic carbocycles. The molecule has 0 radical (unpaired) electrons. The van der Waals surface area contributed by atoms with E-state index in [0.717, 1.165) is 32.4 Å². The summed E-state index contributed by atoms with van der Waals surface area (Å²) in [6.45, 7) is 7.30. The van der Waals surface area contributed by atoms with Crippen LogP contribution < -0.4 is 0 Å². The van der Waals surface area contributed by atoms with Crippen LogP contribution in [0.4, 0.5) is 0 Å². The van der Waals surface area contributed by atoms with Gasteiger partial charge in [-0.3, -0.25) is 4.79 Å². The van der Waals surface area contributed by atoms with Crippen molar-refractivity contribution in [1.82, 2.24) is 4.90 Å². The van der Waals surface area contributed by atoms with Crippen LogP contribution in [0.25, 0.3) is 0 Å². The number of nitrogens with zero attached hydrogens (tertiary/aromatic N) is 1. The first-order valence-electron chi connectivity index (χ1n) is 5.20. The van der Waals surface area contributed by atoms with Crippen molar-refractivity contribution in [3.8, 4) is 0 Å². The van der Waals surface area contributed by atoms with Crippen molar-refractivity contribution in [3.63, 3.8) is 0 Å². The maximum Gasteiger partial charge on any atom is 0.248 e. The van der Waals surface area contributed by atoms with Crippen molar-refractivity contribution >= 4 is 5.91 Å². The number of amides is 1. The summed E-state index contributed by atoms with van der Waals surface area (Å²) in [5.41, 5.74) is 0.616. The zero-order chi connectivity index (χ0) is 10.6. The highest BCUT2D eigenvalue weighted by molar-refractivity contribution is 5.92. The molecule has 0 atom stereocenters. The van der Waals surface area contributed by atoms with Gasteiger partial charge in [0, 0.05) is 25.3 Å². The van der Waals surface area contributed by atoms with E-state index in [4.69, 9.17) is 5.11 Å². The van der Waals surface area contributed by atoms with Crippen molar-refractivity contribution in [2.75, 3.05) is 19.7 Å². The molecule has 0 saturated carbocycles. The predicted octanol–water partition coefficient (Wildman–Crippen LogP) is 1.18. The van der Waals surface area contributed by atoms with Crippen molar-refractivity contribution in [2.45, 2.75) is 26.2 Å². The highest BCUT2D eigenvalue weighted by Crippen LogP contribution is 2.20. The number of aliphatic hydroxyl groups is 1. The van der Waals surface area contributed by atoms with Gasteiger partial charge in [-0.25, -0.2) is 0 Å². The smallest absolute Gasteiger partial charge is 0.248 e. The highest BCUT2D eigenvalue weighted by Gasteiger charge is 2.22. The molecule has 1 rings (SSSR count). The Morgan fingerprint density at radius 1 is 1.50 bits per heavy atom. The van der Waals surface area contributed by atoms with E-state index in [2.05, 4.69) is 6.58 Å². The first-order chi connectivity index (χ1) is 6.65. The van der Waals surface area contributed by atoms with Gasteiger partial charge in [-0.15, -0.1) is 0 Å². The van der Waals surface area contributed by atoms with E-state index >= 15 is 0 Å². The summed E-state index contributed by atoms with van der Waals surface area (Å²) in [4.78, 5) is 13.4. The van der Waals surface area contributed by atoms with Crippen LogP contribution in [0.2, 0.25) is 0 Å². The maximum atomic E-state index is 11.5. The maximum absolute atomic E-state index is 11.5. The molecular weight excluding hydrogens is 178 g/mol. The van der Waals surface area contributed by atoms with Gasteiger partial charge < -0.3 is 10.0 Å². The van der Waals surface area contributed by atoms with E-state index in [0.29, 0.717) is 11.5 Å². The molecule has 3 nitrogen and oxygen atoms in total. The second-order valence-electron chi connectivity index (χ2n) is 4.03. The summed E-state index contributed by atoms with van der Waals surface area (Å²) in [5.74, 6) is 0.668. The first-order valence-corrected chi connectivity index (χ1v) is 5.20. The number of carbonyl (C=O) groups excluding carboxylic acids is 1. The summed E-state index contributed by atoms with van der Waals surface area (Å²) in [5, 5.41) is 8.79. The monoisotopic (exact) mass is 197 g/mol. The Morgan fingerprint density at radius 2 is 2.07 bits per heavy atom. The average Bonchev–Trinajstić information content (AvgIpc) is 2.18. The predicted molar refractivity (Wildman–Crippen MR) is 55.8 cm³/mol. The van der Waals surface area contributed by atoms with Crippen molar-refractivity contribution < 1.29 is 9.90 Å². The molecule has 1 fully saturated rings. The molecule has 3 heteroatoms. The third-order valence-electron chi connectivity index (χ3n) is 2.80. The van der Waals surface area contributed by atoms with Crippen molar-refractivity contribution in [2.24, 2.45) is 5.92 Å². The average molecular weight is 197 g/mol. The Labute approximate surface area is 85.4 Å². The molecule has 0 bridgehead atoms. The topological polar surface area (TPSA) is 40.5 Å². The molecule has 1 aliphatic rings. The molecule has 0 aromatic rings. The van der Waals surface area contributed by atoms with Crippen molar-refractivity contribution in [3.05, 3.63) is 12.2 Å². The van der Waals surface area contributed by atoms with Crippen LogP contribution in [-0.2, 0) is 4.79 Å². The van der Waals surface area contributed by atoms with Gasteiger partial charge in [-0.2, -0.15) is 0 Å². The van der Waals surface area contributed by atoms with E-state index in [1.807, 2.05) is 4.90 Å². The highest BCUT2D eigenvalue weighted by atomic mass is 16.3. The third kappa shape index (κ3) is 2.84. The van der Waals surface area contributed by atoms with E-state index in [1.54, 1.807) is 6.92 Å². The molecule has 0 unspecified atom stereocenters. The summed E-state index contributed by atoms with van der Waals surface area (Å²) in [6.07, 6.45) is 2.90. The van der Waals surface area contributed by atoms with E-state index in [9.17, 15) is 4.79 Å². The van der Waals surface area contributed by atoms with E-state index in [1.165, 1.54) is 0 Å². The molecule has 14 heavy (non-hydrogen) atoms. The number of hydrogen-bond donors (Lipinski definition) is 1. The van der Waals surface area contributed by atoms with Crippen LogP contribution in [0.3, 0.4) is 0 Å².